The molecule has 2 heterocycles. The summed E-state index contributed by atoms with van der Waals surface area (Å²) in [7, 11) is -3.98. The fourth-order valence-electron chi connectivity index (χ4n) is 2.45. The van der Waals surface area contributed by atoms with Crippen molar-refractivity contribution < 1.29 is 57.2 Å². The zero-order valence-corrected chi connectivity index (χ0v) is 24.7. The number of hydrogen-bond acceptors (Lipinski definition) is 14. The average Bonchev–Trinajstić information content (AvgIpc) is 3.26. The number of ether oxygens (including phenoxy) is 3. The number of aliphatic carboxylic acids is 2. The number of hydrogen-bond donors (Lipinski definition) is 3. The standard InChI is InChI=1S/C21H34N5O8P.C2H2O4/c1-14(8-26-10-25-15-16(22)23-9-24-17(15)26)32-13-35(29,33-11-30-18(27)20(2,3)4)34-12-31-19(28)21(5,6)7;3-1(4)2(5)6/h9-10,14H,8,11-13H2,1-7H3,(H2,22,23,24);(H,3,4)(H,5,6)/t14-;/m1./s1. The molecule has 0 fully saturated rings. The van der Waals surface area contributed by atoms with Gasteiger partial charge in [0, 0.05) is 0 Å². The van der Waals surface area contributed by atoms with Gasteiger partial charge in [-0.05, 0) is 48.5 Å². The number of nitrogen functional groups attached to an aromatic ring is 1. The van der Waals surface area contributed by atoms with E-state index in [9.17, 15) is 14.2 Å². The predicted octanol–water partition coefficient (Wildman–Crippen LogP) is 2.25. The normalized spacial score (nSPS) is 12.7. The fraction of sp³-hybridized carbons (Fsp3) is 0.609. The lowest BCUT2D eigenvalue weighted by Gasteiger charge is -2.23. The Bertz CT molecular complexity index is 1220. The van der Waals surface area contributed by atoms with E-state index in [2.05, 4.69) is 15.0 Å². The van der Waals surface area contributed by atoms with Gasteiger partial charge in [0.2, 0.25) is 13.6 Å². The van der Waals surface area contributed by atoms with Crippen LogP contribution in [0.5, 0.6) is 0 Å². The van der Waals surface area contributed by atoms with Gasteiger partial charge in [0.1, 0.15) is 18.2 Å². The van der Waals surface area contributed by atoms with Gasteiger partial charge in [0.15, 0.2) is 11.5 Å². The van der Waals surface area contributed by atoms with Crippen LogP contribution in [0.3, 0.4) is 0 Å². The Morgan fingerprint density at radius 2 is 1.41 bits per heavy atom. The number of carbonyl (C=O) groups is 4. The Balaban J connectivity index is 0.00000126. The van der Waals surface area contributed by atoms with Crippen molar-refractivity contribution in [3.8, 4) is 0 Å². The van der Waals surface area contributed by atoms with Crippen LogP contribution in [0, 0.1) is 10.8 Å². The molecule has 0 aliphatic carbocycles. The number of nitrogens with zero attached hydrogens (tertiary/aromatic N) is 4. The Morgan fingerprint density at radius 1 is 0.927 bits per heavy atom. The Labute approximate surface area is 235 Å². The third kappa shape index (κ3) is 12.2. The Hall–Kier alpha value is -3.66. The summed E-state index contributed by atoms with van der Waals surface area (Å²) in [6, 6.07) is 0. The third-order valence-corrected chi connectivity index (χ3v) is 6.15. The van der Waals surface area contributed by atoms with Crippen molar-refractivity contribution >= 4 is 48.5 Å². The van der Waals surface area contributed by atoms with Crippen LogP contribution in [0.4, 0.5) is 5.82 Å². The van der Waals surface area contributed by atoms with Gasteiger partial charge in [-0.1, -0.05) is 0 Å². The summed E-state index contributed by atoms with van der Waals surface area (Å²) in [5.74, 6) is -4.50. The van der Waals surface area contributed by atoms with Gasteiger partial charge in [-0.2, -0.15) is 0 Å². The smallest absolute Gasteiger partial charge is 0.414 e. The van der Waals surface area contributed by atoms with Crippen molar-refractivity contribution in [2.75, 3.05) is 25.7 Å². The number of fused-ring (bicyclic) bond motifs is 1. The zero-order chi connectivity index (χ0) is 31.6. The fourth-order valence-corrected chi connectivity index (χ4v) is 3.53. The first kappa shape index (κ1) is 35.4. The lowest BCUT2D eigenvalue weighted by molar-refractivity contribution is -0.162. The monoisotopic (exact) mass is 605 g/mol. The van der Waals surface area contributed by atoms with E-state index in [1.807, 2.05) is 0 Å². The van der Waals surface area contributed by atoms with E-state index in [-0.39, 0.29) is 5.82 Å². The van der Waals surface area contributed by atoms with E-state index in [0.29, 0.717) is 17.7 Å². The van der Waals surface area contributed by atoms with Crippen LogP contribution >= 0.6 is 7.60 Å². The van der Waals surface area contributed by atoms with E-state index >= 15 is 0 Å². The molecule has 0 unspecified atom stereocenters. The van der Waals surface area contributed by atoms with Crippen LogP contribution in [0.25, 0.3) is 11.2 Å². The molecule has 2 aromatic heterocycles. The second kappa shape index (κ2) is 14.8. The van der Waals surface area contributed by atoms with E-state index in [1.165, 1.54) is 6.33 Å². The highest BCUT2D eigenvalue weighted by atomic mass is 31.2. The maximum absolute atomic E-state index is 13.2. The first-order valence-electron chi connectivity index (χ1n) is 12.0. The van der Waals surface area contributed by atoms with Crippen LogP contribution in [-0.2, 0) is 53.5 Å². The van der Waals surface area contributed by atoms with Gasteiger partial charge in [0.25, 0.3) is 0 Å². The number of carboxylic acid groups (broad SMARTS) is 2. The number of carboxylic acids is 2. The molecular formula is C23H36N5O12P. The van der Waals surface area contributed by atoms with Crippen molar-refractivity contribution in [1.82, 2.24) is 19.5 Å². The quantitative estimate of drug-likeness (QED) is 0.144. The summed E-state index contributed by atoms with van der Waals surface area (Å²) in [5, 5.41) is 14.8. The Kier molecular flexibility index (Phi) is 12.8. The molecule has 0 aliphatic rings. The number of aromatic nitrogens is 4. The van der Waals surface area contributed by atoms with Crippen LogP contribution < -0.4 is 5.73 Å². The predicted molar refractivity (Wildman–Crippen MR) is 141 cm³/mol. The topological polar surface area (TPSA) is 242 Å². The molecule has 1 atom stereocenters. The van der Waals surface area contributed by atoms with E-state index < -0.39 is 68.3 Å². The van der Waals surface area contributed by atoms with Crippen LogP contribution in [-0.4, -0.2) is 79.6 Å². The molecule has 230 valence electrons. The molecule has 0 saturated carbocycles. The van der Waals surface area contributed by atoms with Gasteiger partial charge >= 0.3 is 31.5 Å². The molecule has 18 heteroatoms. The number of rotatable bonds is 11. The summed E-state index contributed by atoms with van der Waals surface area (Å²) in [4.78, 5) is 54.4. The molecule has 0 saturated heterocycles. The minimum absolute atomic E-state index is 0.253. The third-order valence-electron chi connectivity index (χ3n) is 4.69. The summed E-state index contributed by atoms with van der Waals surface area (Å²) >= 11 is 0. The molecule has 0 aliphatic heterocycles. The van der Waals surface area contributed by atoms with Gasteiger partial charge in [-0.25, -0.2) is 24.5 Å². The number of esters is 2. The lowest BCUT2D eigenvalue weighted by atomic mass is 9.98. The number of anilines is 1. The highest BCUT2D eigenvalue weighted by molar-refractivity contribution is 7.53. The van der Waals surface area contributed by atoms with Crippen molar-refractivity contribution in [2.45, 2.75) is 61.1 Å². The van der Waals surface area contributed by atoms with Gasteiger partial charge in [0.05, 0.1) is 29.8 Å². The molecular weight excluding hydrogens is 569 g/mol. The minimum Gasteiger partial charge on any atom is -0.473 e. The molecule has 0 spiro atoms. The van der Waals surface area contributed by atoms with Crippen molar-refractivity contribution in [1.29, 1.82) is 0 Å². The first-order valence-corrected chi connectivity index (χ1v) is 13.7. The number of carbonyl (C=O) groups excluding carboxylic acids is 2. The summed E-state index contributed by atoms with van der Waals surface area (Å²) in [5.41, 5.74) is 5.23. The van der Waals surface area contributed by atoms with Crippen molar-refractivity contribution in [2.24, 2.45) is 10.8 Å². The Morgan fingerprint density at radius 3 is 1.85 bits per heavy atom. The minimum atomic E-state index is -3.98. The number of nitrogens with two attached hydrogens (primary N) is 1. The van der Waals surface area contributed by atoms with Gasteiger partial charge in [-0.15, -0.1) is 0 Å². The van der Waals surface area contributed by atoms with E-state index in [0.717, 1.165) is 0 Å². The second-order valence-corrected chi connectivity index (χ2v) is 12.5. The largest absolute Gasteiger partial charge is 0.473 e. The van der Waals surface area contributed by atoms with E-state index in [4.69, 9.17) is 48.8 Å². The van der Waals surface area contributed by atoms with Crippen LogP contribution in [0.2, 0.25) is 0 Å². The molecule has 4 N–H and O–H groups in total. The van der Waals surface area contributed by atoms with E-state index in [1.54, 1.807) is 59.4 Å². The molecule has 2 rings (SSSR count). The molecule has 0 aromatic carbocycles. The first-order chi connectivity index (χ1) is 18.8. The highest BCUT2D eigenvalue weighted by Crippen LogP contribution is 2.48. The number of imidazole rings is 1. The van der Waals surface area contributed by atoms with Gasteiger partial charge < -0.3 is 34.7 Å². The summed E-state index contributed by atoms with van der Waals surface area (Å²) in [6.45, 7) is 10.8. The van der Waals surface area contributed by atoms with Crippen molar-refractivity contribution in [3.05, 3.63) is 12.7 Å². The molecule has 2 aromatic rings. The SMILES string of the molecule is C[C@H](Cn1cnc2c(N)ncnc21)OCP(=O)(OCOC(=O)C(C)(C)C)OCOC(=O)C(C)(C)C.O=C(O)C(=O)O. The maximum Gasteiger partial charge on any atom is 0.414 e. The zero-order valence-electron chi connectivity index (χ0n) is 23.9. The molecule has 41 heavy (non-hydrogen) atoms. The highest BCUT2D eigenvalue weighted by Gasteiger charge is 2.31. The van der Waals surface area contributed by atoms with Gasteiger partial charge in [-0.3, -0.25) is 23.2 Å². The molecule has 0 bridgehead atoms. The molecule has 0 radical (unpaired) electrons. The lowest BCUT2D eigenvalue weighted by Crippen LogP contribution is -2.25. The van der Waals surface area contributed by atoms with Crippen LogP contribution in [0.1, 0.15) is 48.5 Å². The van der Waals surface area contributed by atoms with Crippen molar-refractivity contribution in [3.63, 3.8) is 0 Å². The average molecular weight is 606 g/mol. The maximum atomic E-state index is 13.2. The summed E-state index contributed by atoms with van der Waals surface area (Å²) < 4.78 is 41.2. The summed E-state index contributed by atoms with van der Waals surface area (Å²) in [6.07, 6.45) is 1.89. The molecule has 0 amide bonds. The van der Waals surface area contributed by atoms with Crippen LogP contribution in [0.15, 0.2) is 12.7 Å². The second-order valence-electron chi connectivity index (χ2n) is 10.5. The molecule has 17 nitrogen and oxygen atoms in total.